The average Bonchev–Trinajstić information content (AvgIpc) is 2.65. The van der Waals surface area contributed by atoms with Crippen molar-refractivity contribution in [3.05, 3.63) is 75.3 Å². The van der Waals surface area contributed by atoms with Gasteiger partial charge in [0.2, 0.25) is 5.91 Å². The molecule has 0 saturated carbocycles. The lowest BCUT2D eigenvalue weighted by Gasteiger charge is -2.24. The number of hydrogen-bond donors (Lipinski definition) is 0. The topological polar surface area (TPSA) is 72.7 Å². The number of ether oxygens (including phenoxy) is 1. The molecule has 0 radical (unpaired) electrons. The minimum atomic E-state index is -0.443. The normalized spacial score (nSPS) is 12.0. The number of likely N-dealkylation sites (N-methyl/N-ethyl adjacent to an activating group) is 1. The highest BCUT2D eigenvalue weighted by Gasteiger charge is 2.17. The van der Waals surface area contributed by atoms with E-state index in [-0.39, 0.29) is 17.6 Å². The molecule has 2 aromatic rings. The van der Waals surface area contributed by atoms with Crippen LogP contribution < -0.4 is 4.74 Å². The summed E-state index contributed by atoms with van der Waals surface area (Å²) in [5, 5.41) is 10.9. The van der Waals surface area contributed by atoms with Gasteiger partial charge in [-0.3, -0.25) is 14.9 Å². The minimum Gasteiger partial charge on any atom is -0.496 e. The number of methoxy groups -OCH3 is 1. The fraction of sp³-hybridized carbons (Fsp3) is 0.250. The zero-order valence-electron chi connectivity index (χ0n) is 15.3. The summed E-state index contributed by atoms with van der Waals surface area (Å²) in [7, 11) is 3.25. The SMILES string of the molecule is COc1ccc(C)cc1/C=C/C(=O)N(C)[C@@H](C)c1cccc([N+](=O)[O-])c1. The number of carbonyl (C=O) groups excluding carboxylic acids is 1. The number of nitrogens with zero attached hydrogens (tertiary/aromatic N) is 2. The Morgan fingerprint density at radius 3 is 2.65 bits per heavy atom. The van der Waals surface area contributed by atoms with E-state index in [1.165, 1.54) is 23.1 Å². The summed E-state index contributed by atoms with van der Waals surface area (Å²) in [6.07, 6.45) is 3.19. The molecule has 6 heteroatoms. The molecule has 0 aliphatic carbocycles. The van der Waals surface area contributed by atoms with Crippen LogP contribution in [0.5, 0.6) is 5.75 Å². The number of hydrogen-bond acceptors (Lipinski definition) is 4. The summed E-state index contributed by atoms with van der Waals surface area (Å²) in [6.45, 7) is 3.80. The van der Waals surface area contributed by atoms with Crippen LogP contribution >= 0.6 is 0 Å². The zero-order chi connectivity index (χ0) is 19.3. The lowest BCUT2D eigenvalue weighted by Crippen LogP contribution is -2.28. The van der Waals surface area contributed by atoms with Crippen molar-refractivity contribution in [1.29, 1.82) is 0 Å². The van der Waals surface area contributed by atoms with Gasteiger partial charge in [-0.1, -0.05) is 23.8 Å². The third kappa shape index (κ3) is 4.47. The van der Waals surface area contributed by atoms with Crippen LogP contribution in [0.25, 0.3) is 6.08 Å². The molecule has 0 spiro atoms. The maximum atomic E-state index is 12.5. The van der Waals surface area contributed by atoms with Crippen molar-refractivity contribution in [2.24, 2.45) is 0 Å². The lowest BCUT2D eigenvalue weighted by molar-refractivity contribution is -0.384. The molecule has 136 valence electrons. The van der Waals surface area contributed by atoms with Crippen LogP contribution in [0.15, 0.2) is 48.5 Å². The number of carbonyl (C=O) groups is 1. The Hall–Kier alpha value is -3.15. The molecule has 26 heavy (non-hydrogen) atoms. The number of nitro benzene ring substituents is 1. The fourth-order valence-corrected chi connectivity index (χ4v) is 2.58. The summed E-state index contributed by atoms with van der Waals surface area (Å²) in [5.41, 5.74) is 2.60. The van der Waals surface area contributed by atoms with Crippen LogP contribution in [0.3, 0.4) is 0 Å². The van der Waals surface area contributed by atoms with Crippen LogP contribution in [0.4, 0.5) is 5.69 Å². The van der Waals surface area contributed by atoms with E-state index in [2.05, 4.69) is 0 Å². The first-order valence-electron chi connectivity index (χ1n) is 8.17. The Kier molecular flexibility index (Phi) is 6.11. The van der Waals surface area contributed by atoms with Gasteiger partial charge in [-0.25, -0.2) is 0 Å². The number of nitro groups is 1. The highest BCUT2D eigenvalue weighted by molar-refractivity contribution is 5.92. The highest BCUT2D eigenvalue weighted by Crippen LogP contribution is 2.24. The maximum Gasteiger partial charge on any atom is 0.269 e. The van der Waals surface area contributed by atoms with Gasteiger partial charge in [-0.05, 0) is 37.6 Å². The van der Waals surface area contributed by atoms with Crippen molar-refractivity contribution in [3.63, 3.8) is 0 Å². The van der Waals surface area contributed by atoms with Gasteiger partial charge in [0, 0.05) is 30.8 Å². The van der Waals surface area contributed by atoms with E-state index in [4.69, 9.17) is 4.74 Å². The van der Waals surface area contributed by atoms with Gasteiger partial charge >= 0.3 is 0 Å². The van der Waals surface area contributed by atoms with Crippen molar-refractivity contribution in [2.45, 2.75) is 19.9 Å². The average molecular weight is 354 g/mol. The van der Waals surface area contributed by atoms with Crippen molar-refractivity contribution in [1.82, 2.24) is 4.90 Å². The summed E-state index contributed by atoms with van der Waals surface area (Å²) >= 11 is 0. The van der Waals surface area contributed by atoms with Crippen LogP contribution in [-0.2, 0) is 4.79 Å². The molecule has 0 aliphatic rings. The predicted octanol–water partition coefficient (Wildman–Crippen LogP) is 4.14. The Labute approximate surface area is 152 Å². The van der Waals surface area contributed by atoms with Crippen molar-refractivity contribution in [3.8, 4) is 5.75 Å². The number of non-ortho nitro benzene ring substituents is 1. The first kappa shape index (κ1) is 19.2. The third-order valence-corrected chi connectivity index (χ3v) is 4.28. The minimum absolute atomic E-state index is 0.00948. The van der Waals surface area contributed by atoms with Gasteiger partial charge in [-0.2, -0.15) is 0 Å². The summed E-state index contributed by atoms with van der Waals surface area (Å²) in [5.74, 6) is 0.488. The molecule has 1 atom stereocenters. The fourth-order valence-electron chi connectivity index (χ4n) is 2.58. The Bertz CT molecular complexity index is 845. The second-order valence-corrected chi connectivity index (χ2v) is 6.06. The summed E-state index contributed by atoms with van der Waals surface area (Å²) in [4.78, 5) is 24.5. The van der Waals surface area contributed by atoms with E-state index in [0.717, 1.165) is 11.1 Å². The molecule has 0 heterocycles. The van der Waals surface area contributed by atoms with Crippen molar-refractivity contribution < 1.29 is 14.5 Å². The predicted molar refractivity (Wildman–Crippen MR) is 101 cm³/mol. The molecule has 2 rings (SSSR count). The zero-order valence-corrected chi connectivity index (χ0v) is 15.3. The Morgan fingerprint density at radius 2 is 2.00 bits per heavy atom. The van der Waals surface area contributed by atoms with Crippen LogP contribution in [-0.4, -0.2) is 29.9 Å². The second-order valence-electron chi connectivity index (χ2n) is 6.06. The number of rotatable bonds is 6. The lowest BCUT2D eigenvalue weighted by atomic mass is 10.1. The van der Waals surface area contributed by atoms with E-state index >= 15 is 0 Å². The van der Waals surface area contributed by atoms with Gasteiger partial charge in [0.1, 0.15) is 5.75 Å². The van der Waals surface area contributed by atoms with E-state index in [1.807, 2.05) is 32.0 Å². The molecule has 6 nitrogen and oxygen atoms in total. The second kappa shape index (κ2) is 8.29. The third-order valence-electron chi connectivity index (χ3n) is 4.28. The van der Waals surface area contributed by atoms with E-state index in [1.54, 1.807) is 32.4 Å². The van der Waals surface area contributed by atoms with Crippen molar-refractivity contribution >= 4 is 17.7 Å². The smallest absolute Gasteiger partial charge is 0.269 e. The Balaban J connectivity index is 2.18. The largest absolute Gasteiger partial charge is 0.496 e. The van der Waals surface area contributed by atoms with Crippen LogP contribution in [0.2, 0.25) is 0 Å². The Morgan fingerprint density at radius 1 is 1.27 bits per heavy atom. The molecular weight excluding hydrogens is 332 g/mol. The van der Waals surface area contributed by atoms with Gasteiger partial charge in [-0.15, -0.1) is 0 Å². The highest BCUT2D eigenvalue weighted by atomic mass is 16.6. The maximum absolute atomic E-state index is 12.5. The monoisotopic (exact) mass is 354 g/mol. The van der Waals surface area contributed by atoms with Crippen LogP contribution in [0, 0.1) is 17.0 Å². The number of aryl methyl sites for hydroxylation is 1. The molecular formula is C20H22N2O4. The van der Waals surface area contributed by atoms with Gasteiger partial charge in [0.25, 0.3) is 5.69 Å². The molecule has 0 saturated heterocycles. The molecule has 0 aromatic heterocycles. The molecule has 0 bridgehead atoms. The van der Waals surface area contributed by atoms with E-state index < -0.39 is 4.92 Å². The van der Waals surface area contributed by atoms with Crippen molar-refractivity contribution in [2.75, 3.05) is 14.2 Å². The molecule has 0 aliphatic heterocycles. The standard InChI is InChI=1S/C20H22N2O4/c1-14-8-10-19(26-4)17(12-14)9-11-20(23)21(3)15(2)16-6-5-7-18(13-16)22(24)25/h5-13,15H,1-4H3/b11-9+/t15-/m0/s1. The molecule has 0 N–H and O–H groups in total. The summed E-state index contributed by atoms with van der Waals surface area (Å²) < 4.78 is 5.31. The summed E-state index contributed by atoms with van der Waals surface area (Å²) in [6, 6.07) is 11.7. The molecule has 0 fully saturated rings. The van der Waals surface area contributed by atoms with Gasteiger partial charge in [0.05, 0.1) is 18.1 Å². The number of benzene rings is 2. The number of amides is 1. The van der Waals surface area contributed by atoms with Gasteiger partial charge in [0.15, 0.2) is 0 Å². The quantitative estimate of drug-likeness (QED) is 0.444. The first-order valence-corrected chi connectivity index (χ1v) is 8.17. The molecule has 1 amide bonds. The molecule has 0 unspecified atom stereocenters. The van der Waals surface area contributed by atoms with E-state index in [9.17, 15) is 14.9 Å². The first-order chi connectivity index (χ1) is 12.3. The molecule has 2 aromatic carbocycles. The van der Waals surface area contributed by atoms with Gasteiger partial charge < -0.3 is 9.64 Å². The van der Waals surface area contributed by atoms with E-state index in [0.29, 0.717) is 11.3 Å². The van der Waals surface area contributed by atoms with Crippen LogP contribution in [0.1, 0.15) is 29.7 Å².